The van der Waals surface area contributed by atoms with Gasteiger partial charge in [0.2, 0.25) is 0 Å². The molecule has 0 radical (unpaired) electrons. The molecule has 2 rings (SSSR count). The van der Waals surface area contributed by atoms with Gasteiger partial charge in [0.25, 0.3) is 0 Å². The molecule has 82 valence electrons. The minimum Gasteiger partial charge on any atom is -0.360 e. The number of aryl methyl sites for hydroxylation is 1. The van der Waals surface area contributed by atoms with Crippen molar-refractivity contribution in [2.24, 2.45) is 0 Å². The minimum absolute atomic E-state index is 0.0862. The van der Waals surface area contributed by atoms with Crippen LogP contribution < -0.4 is 0 Å². The van der Waals surface area contributed by atoms with Gasteiger partial charge in [-0.05, 0) is 19.1 Å². The maximum atomic E-state index is 13.6. The highest BCUT2D eigenvalue weighted by Crippen LogP contribution is 2.32. The Bertz CT molecular complexity index is 531. The van der Waals surface area contributed by atoms with E-state index in [1.807, 2.05) is 0 Å². The second kappa shape index (κ2) is 4.06. The number of rotatable bonds is 2. The normalized spacial score (nSPS) is 10.4. The summed E-state index contributed by atoms with van der Waals surface area (Å²) >= 11 is 5.86. The molecular weight excluding hydrogens is 233 g/mol. The van der Waals surface area contributed by atoms with Crippen molar-refractivity contribution in [1.29, 1.82) is 0 Å². The van der Waals surface area contributed by atoms with E-state index in [0.717, 1.165) is 0 Å². The lowest BCUT2D eigenvalue weighted by Crippen LogP contribution is -1.90. The number of aldehydes is 1. The van der Waals surface area contributed by atoms with Crippen LogP contribution >= 0.6 is 11.6 Å². The van der Waals surface area contributed by atoms with Gasteiger partial charge in [0, 0.05) is 0 Å². The van der Waals surface area contributed by atoms with Crippen LogP contribution in [0.15, 0.2) is 22.7 Å². The average Bonchev–Trinajstić information content (AvgIpc) is 2.59. The molecule has 0 saturated heterocycles. The molecule has 5 heteroatoms. The van der Waals surface area contributed by atoms with Crippen LogP contribution in [-0.4, -0.2) is 11.4 Å². The van der Waals surface area contributed by atoms with Crippen molar-refractivity contribution < 1.29 is 13.7 Å². The number of nitrogens with zero attached hydrogens (tertiary/aromatic N) is 1. The summed E-state index contributed by atoms with van der Waals surface area (Å²) in [7, 11) is 0. The van der Waals surface area contributed by atoms with Crippen molar-refractivity contribution in [3.05, 3.63) is 40.4 Å². The molecule has 0 fully saturated rings. The largest absolute Gasteiger partial charge is 0.360 e. The van der Waals surface area contributed by atoms with E-state index in [2.05, 4.69) is 5.16 Å². The number of carbonyl (C=O) groups excluding carboxylic acids is 1. The molecule has 1 aromatic heterocycles. The smallest absolute Gasteiger partial charge is 0.155 e. The summed E-state index contributed by atoms with van der Waals surface area (Å²) in [5, 5.41) is 3.84. The van der Waals surface area contributed by atoms with E-state index in [9.17, 15) is 9.18 Å². The second-order valence-electron chi connectivity index (χ2n) is 3.22. The summed E-state index contributed by atoms with van der Waals surface area (Å²) in [6.07, 6.45) is 0.573. The van der Waals surface area contributed by atoms with Crippen molar-refractivity contribution in [3.8, 4) is 11.3 Å². The van der Waals surface area contributed by atoms with E-state index in [4.69, 9.17) is 16.1 Å². The number of aromatic nitrogens is 1. The van der Waals surface area contributed by atoms with Gasteiger partial charge in [0.05, 0.1) is 16.1 Å². The quantitative estimate of drug-likeness (QED) is 0.756. The highest BCUT2D eigenvalue weighted by Gasteiger charge is 2.19. The molecule has 1 heterocycles. The molecule has 0 unspecified atom stereocenters. The van der Waals surface area contributed by atoms with Crippen LogP contribution in [0.5, 0.6) is 0 Å². The van der Waals surface area contributed by atoms with Gasteiger partial charge >= 0.3 is 0 Å². The Balaban J connectivity index is 2.72. The van der Waals surface area contributed by atoms with Crippen LogP contribution in [-0.2, 0) is 0 Å². The lowest BCUT2D eigenvalue weighted by atomic mass is 10.1. The molecule has 0 aliphatic rings. The number of benzene rings is 1. The average molecular weight is 240 g/mol. The highest BCUT2D eigenvalue weighted by atomic mass is 35.5. The first kappa shape index (κ1) is 10.8. The molecule has 3 nitrogen and oxygen atoms in total. The van der Waals surface area contributed by atoms with E-state index in [1.165, 1.54) is 18.2 Å². The summed E-state index contributed by atoms with van der Waals surface area (Å²) < 4.78 is 18.4. The van der Waals surface area contributed by atoms with Gasteiger partial charge in [-0.1, -0.05) is 22.8 Å². The number of halogens is 2. The molecule has 0 aliphatic heterocycles. The van der Waals surface area contributed by atoms with Gasteiger partial charge in [0.1, 0.15) is 17.3 Å². The molecule has 0 atom stereocenters. The minimum atomic E-state index is -0.538. The van der Waals surface area contributed by atoms with E-state index in [0.29, 0.717) is 12.0 Å². The number of hydrogen-bond donors (Lipinski definition) is 0. The summed E-state index contributed by atoms with van der Waals surface area (Å²) in [4.78, 5) is 10.8. The lowest BCUT2D eigenvalue weighted by molar-refractivity contribution is 0.112. The van der Waals surface area contributed by atoms with Crippen molar-refractivity contribution in [2.75, 3.05) is 0 Å². The summed E-state index contributed by atoms with van der Waals surface area (Å²) in [5.74, 6) is -0.201. The fourth-order valence-electron chi connectivity index (χ4n) is 1.42. The fraction of sp³-hybridized carbons (Fsp3) is 0.0909. The summed E-state index contributed by atoms with van der Waals surface area (Å²) in [6.45, 7) is 1.58. The Morgan fingerprint density at radius 2 is 2.25 bits per heavy atom. The van der Waals surface area contributed by atoms with E-state index < -0.39 is 5.82 Å². The Morgan fingerprint density at radius 3 is 2.88 bits per heavy atom. The number of hydrogen-bond acceptors (Lipinski definition) is 3. The Labute approximate surface area is 95.8 Å². The SMILES string of the molecule is Cc1onc(-c2c(F)cccc2Cl)c1C=O. The fourth-order valence-corrected chi connectivity index (χ4v) is 1.67. The van der Waals surface area contributed by atoms with Gasteiger partial charge in [-0.3, -0.25) is 4.79 Å². The van der Waals surface area contributed by atoms with Crippen LogP contribution in [0.2, 0.25) is 5.02 Å². The first-order chi connectivity index (χ1) is 7.65. The third-order valence-corrected chi connectivity index (χ3v) is 2.54. The molecule has 0 bridgehead atoms. The van der Waals surface area contributed by atoms with Gasteiger partial charge in [0.15, 0.2) is 6.29 Å². The molecule has 0 saturated carbocycles. The van der Waals surface area contributed by atoms with Crippen LogP contribution in [0.3, 0.4) is 0 Å². The van der Waals surface area contributed by atoms with Gasteiger partial charge in [-0.15, -0.1) is 0 Å². The molecule has 0 N–H and O–H groups in total. The second-order valence-corrected chi connectivity index (χ2v) is 3.62. The van der Waals surface area contributed by atoms with Crippen molar-refractivity contribution in [2.45, 2.75) is 6.92 Å². The standard InChI is InChI=1S/C11H7ClFNO2/c1-6-7(5-15)11(14-16-6)10-8(12)3-2-4-9(10)13/h2-5H,1H3. The van der Waals surface area contributed by atoms with Crippen LogP contribution in [0.25, 0.3) is 11.3 Å². The zero-order valence-corrected chi connectivity index (χ0v) is 9.08. The topological polar surface area (TPSA) is 43.1 Å². The first-order valence-corrected chi connectivity index (χ1v) is 4.88. The monoisotopic (exact) mass is 239 g/mol. The zero-order chi connectivity index (χ0) is 11.7. The Kier molecular flexibility index (Phi) is 2.75. The molecule has 0 spiro atoms. The molecule has 2 aromatic rings. The molecule has 0 amide bonds. The third kappa shape index (κ3) is 1.61. The summed E-state index contributed by atoms with van der Waals surface area (Å²) in [5.41, 5.74) is 0.436. The molecular formula is C11H7ClFNO2. The zero-order valence-electron chi connectivity index (χ0n) is 8.33. The first-order valence-electron chi connectivity index (χ1n) is 4.51. The lowest BCUT2D eigenvalue weighted by Gasteiger charge is -2.01. The maximum absolute atomic E-state index is 13.6. The van der Waals surface area contributed by atoms with E-state index in [-0.39, 0.29) is 21.8 Å². The Hall–Kier alpha value is -1.68. The molecule has 16 heavy (non-hydrogen) atoms. The van der Waals surface area contributed by atoms with Crippen LogP contribution in [0.1, 0.15) is 16.1 Å². The summed E-state index contributed by atoms with van der Waals surface area (Å²) in [6, 6.07) is 4.26. The number of carbonyl (C=O) groups is 1. The van der Waals surface area contributed by atoms with E-state index >= 15 is 0 Å². The maximum Gasteiger partial charge on any atom is 0.155 e. The van der Waals surface area contributed by atoms with Crippen LogP contribution in [0.4, 0.5) is 4.39 Å². The highest BCUT2D eigenvalue weighted by molar-refractivity contribution is 6.33. The molecule has 1 aromatic carbocycles. The third-order valence-electron chi connectivity index (χ3n) is 2.23. The van der Waals surface area contributed by atoms with Crippen molar-refractivity contribution in [1.82, 2.24) is 5.16 Å². The van der Waals surface area contributed by atoms with Crippen molar-refractivity contribution >= 4 is 17.9 Å². The van der Waals surface area contributed by atoms with Crippen molar-refractivity contribution in [3.63, 3.8) is 0 Å². The van der Waals surface area contributed by atoms with E-state index in [1.54, 1.807) is 6.92 Å². The van der Waals surface area contributed by atoms with Gasteiger partial charge < -0.3 is 4.52 Å². The predicted octanol–water partition coefficient (Wildman–Crippen LogP) is 3.26. The van der Waals surface area contributed by atoms with Crippen LogP contribution in [0, 0.1) is 12.7 Å². The Morgan fingerprint density at radius 1 is 1.50 bits per heavy atom. The predicted molar refractivity (Wildman–Crippen MR) is 57.0 cm³/mol. The van der Waals surface area contributed by atoms with Gasteiger partial charge in [-0.2, -0.15) is 0 Å². The molecule has 0 aliphatic carbocycles. The van der Waals surface area contributed by atoms with Gasteiger partial charge in [-0.25, -0.2) is 4.39 Å².